The zero-order valence-electron chi connectivity index (χ0n) is 15.3. The number of hydrogen-bond acceptors (Lipinski definition) is 4. The van der Waals surface area contributed by atoms with Crippen molar-refractivity contribution >= 4 is 0 Å². The summed E-state index contributed by atoms with van der Waals surface area (Å²) in [5.41, 5.74) is 0.559. The summed E-state index contributed by atoms with van der Waals surface area (Å²) in [6.07, 6.45) is 3.69. The fraction of sp³-hybridized carbons (Fsp3) is 0.700. The van der Waals surface area contributed by atoms with Gasteiger partial charge in [0.1, 0.15) is 5.75 Å². The van der Waals surface area contributed by atoms with Crippen molar-refractivity contribution in [1.29, 1.82) is 0 Å². The summed E-state index contributed by atoms with van der Waals surface area (Å²) in [6, 6.07) is 8.33. The largest absolute Gasteiger partial charge is 0.491 e. The Labute approximate surface area is 145 Å². The van der Waals surface area contributed by atoms with Crippen LogP contribution in [-0.4, -0.2) is 47.0 Å². The van der Waals surface area contributed by atoms with E-state index in [2.05, 4.69) is 36.9 Å². The first kappa shape index (κ1) is 17.7. The molecule has 1 N–H and O–H groups in total. The average molecular weight is 333 g/mol. The smallest absolute Gasteiger partial charge is 0.124 e. The second-order valence-electron chi connectivity index (χ2n) is 8.01. The van der Waals surface area contributed by atoms with Gasteiger partial charge in [-0.15, -0.1) is 0 Å². The van der Waals surface area contributed by atoms with Crippen LogP contribution < -0.4 is 4.74 Å². The highest BCUT2D eigenvalue weighted by Gasteiger charge is 2.44. The molecule has 2 saturated heterocycles. The van der Waals surface area contributed by atoms with Gasteiger partial charge >= 0.3 is 0 Å². The van der Waals surface area contributed by atoms with E-state index in [9.17, 15) is 5.11 Å². The standard InChI is InChI=1S/C20H31NO3/c1-16(2)24-18-7-5-4-6-17(18)14-21-11-8-20(9-12-21)15-19(3,22)10-13-23-20/h4-7,16,22H,8-15H2,1-3H3. The molecular weight excluding hydrogens is 302 g/mol. The van der Waals surface area contributed by atoms with E-state index < -0.39 is 5.60 Å². The molecule has 24 heavy (non-hydrogen) atoms. The number of benzene rings is 1. The quantitative estimate of drug-likeness (QED) is 0.917. The Hall–Kier alpha value is -1.10. The molecule has 2 fully saturated rings. The van der Waals surface area contributed by atoms with E-state index in [1.54, 1.807) is 0 Å². The molecule has 0 aromatic heterocycles. The number of ether oxygens (including phenoxy) is 2. The van der Waals surface area contributed by atoms with E-state index in [-0.39, 0.29) is 11.7 Å². The van der Waals surface area contributed by atoms with Gasteiger partial charge in [0.15, 0.2) is 0 Å². The normalized spacial score (nSPS) is 27.5. The molecule has 1 unspecified atom stereocenters. The SMILES string of the molecule is CC(C)Oc1ccccc1CN1CCC2(CC1)CC(C)(O)CCO2. The molecule has 0 amide bonds. The zero-order chi connectivity index (χ0) is 17.2. The molecule has 2 aliphatic rings. The lowest BCUT2D eigenvalue weighted by atomic mass is 9.78. The maximum atomic E-state index is 10.4. The minimum absolute atomic E-state index is 0.119. The van der Waals surface area contributed by atoms with Gasteiger partial charge in [-0.3, -0.25) is 4.90 Å². The maximum Gasteiger partial charge on any atom is 0.124 e. The number of nitrogens with zero attached hydrogens (tertiary/aromatic N) is 1. The molecule has 1 atom stereocenters. The molecule has 134 valence electrons. The van der Waals surface area contributed by atoms with Crippen LogP contribution in [0.25, 0.3) is 0 Å². The van der Waals surface area contributed by atoms with Gasteiger partial charge in [0.2, 0.25) is 0 Å². The highest BCUT2D eigenvalue weighted by molar-refractivity contribution is 5.33. The minimum Gasteiger partial charge on any atom is -0.491 e. The number of aliphatic hydroxyl groups is 1. The summed E-state index contributed by atoms with van der Waals surface area (Å²) in [6.45, 7) is 9.68. The van der Waals surface area contributed by atoms with Crippen molar-refractivity contribution in [3.05, 3.63) is 29.8 Å². The molecule has 1 aromatic rings. The highest BCUT2D eigenvalue weighted by Crippen LogP contribution is 2.39. The van der Waals surface area contributed by atoms with E-state index >= 15 is 0 Å². The highest BCUT2D eigenvalue weighted by atomic mass is 16.5. The van der Waals surface area contributed by atoms with Gasteiger partial charge in [0.05, 0.1) is 23.9 Å². The summed E-state index contributed by atoms with van der Waals surface area (Å²) in [5.74, 6) is 0.990. The Morgan fingerprint density at radius 1 is 1.21 bits per heavy atom. The first-order valence-electron chi connectivity index (χ1n) is 9.21. The summed E-state index contributed by atoms with van der Waals surface area (Å²) in [7, 11) is 0. The molecule has 3 rings (SSSR count). The predicted molar refractivity (Wildman–Crippen MR) is 95.3 cm³/mol. The van der Waals surface area contributed by atoms with E-state index in [4.69, 9.17) is 9.47 Å². The van der Waals surface area contributed by atoms with Gasteiger partial charge in [0.25, 0.3) is 0 Å². The van der Waals surface area contributed by atoms with Crippen LogP contribution in [0.3, 0.4) is 0 Å². The van der Waals surface area contributed by atoms with Crippen LogP contribution in [0.4, 0.5) is 0 Å². The van der Waals surface area contributed by atoms with Crippen molar-refractivity contribution in [3.63, 3.8) is 0 Å². The minimum atomic E-state index is -0.571. The van der Waals surface area contributed by atoms with Crippen LogP contribution in [0.1, 0.15) is 52.0 Å². The number of hydrogen-bond donors (Lipinski definition) is 1. The topological polar surface area (TPSA) is 41.9 Å². The number of likely N-dealkylation sites (tertiary alicyclic amines) is 1. The molecule has 0 aliphatic carbocycles. The van der Waals surface area contributed by atoms with Gasteiger partial charge in [-0.25, -0.2) is 0 Å². The van der Waals surface area contributed by atoms with Gasteiger partial charge in [-0.05, 0) is 46.1 Å². The Balaban J connectivity index is 1.60. The first-order chi connectivity index (χ1) is 11.4. The van der Waals surface area contributed by atoms with Crippen molar-refractivity contribution in [2.24, 2.45) is 0 Å². The van der Waals surface area contributed by atoms with Crippen LogP contribution in [0.5, 0.6) is 5.75 Å². The summed E-state index contributed by atoms with van der Waals surface area (Å²) in [4.78, 5) is 2.47. The Kier molecular flexibility index (Phi) is 5.19. The zero-order valence-corrected chi connectivity index (χ0v) is 15.3. The summed E-state index contributed by atoms with van der Waals surface area (Å²) in [5, 5.41) is 10.4. The molecule has 2 aliphatic heterocycles. The molecule has 0 saturated carbocycles. The third kappa shape index (κ3) is 4.29. The van der Waals surface area contributed by atoms with E-state index in [0.717, 1.165) is 51.1 Å². The van der Waals surface area contributed by atoms with E-state index in [0.29, 0.717) is 6.61 Å². The lowest BCUT2D eigenvalue weighted by Gasteiger charge is -2.48. The lowest BCUT2D eigenvalue weighted by molar-refractivity contribution is -0.173. The molecule has 4 heteroatoms. The Morgan fingerprint density at radius 2 is 1.92 bits per heavy atom. The van der Waals surface area contributed by atoms with Crippen LogP contribution in [0, 0.1) is 0 Å². The third-order valence-electron chi connectivity index (χ3n) is 5.25. The van der Waals surface area contributed by atoms with Crippen LogP contribution >= 0.6 is 0 Å². The van der Waals surface area contributed by atoms with Gasteiger partial charge in [-0.2, -0.15) is 0 Å². The second-order valence-corrected chi connectivity index (χ2v) is 8.01. The van der Waals surface area contributed by atoms with Crippen molar-refractivity contribution < 1.29 is 14.6 Å². The monoisotopic (exact) mass is 333 g/mol. The Bertz CT molecular complexity index is 548. The molecule has 1 spiro atoms. The van der Waals surface area contributed by atoms with Crippen molar-refractivity contribution in [2.75, 3.05) is 19.7 Å². The van der Waals surface area contributed by atoms with Gasteiger partial charge in [-0.1, -0.05) is 18.2 Å². The number of para-hydroxylation sites is 1. The van der Waals surface area contributed by atoms with Gasteiger partial charge < -0.3 is 14.6 Å². The summed E-state index contributed by atoms with van der Waals surface area (Å²) < 4.78 is 12.0. The average Bonchev–Trinajstić information content (AvgIpc) is 2.50. The fourth-order valence-electron chi connectivity index (χ4n) is 4.00. The number of piperidine rings is 1. The predicted octanol–water partition coefficient (Wildman–Crippen LogP) is 3.37. The van der Waals surface area contributed by atoms with Crippen molar-refractivity contribution in [2.45, 2.75) is 70.3 Å². The van der Waals surface area contributed by atoms with Crippen LogP contribution in [-0.2, 0) is 11.3 Å². The number of rotatable bonds is 4. The fourth-order valence-corrected chi connectivity index (χ4v) is 4.00. The molecule has 0 radical (unpaired) electrons. The van der Waals surface area contributed by atoms with Crippen molar-refractivity contribution in [3.8, 4) is 5.75 Å². The van der Waals surface area contributed by atoms with Crippen LogP contribution in [0.2, 0.25) is 0 Å². The van der Waals surface area contributed by atoms with E-state index in [1.165, 1.54) is 5.56 Å². The van der Waals surface area contributed by atoms with Crippen LogP contribution in [0.15, 0.2) is 24.3 Å². The van der Waals surface area contributed by atoms with Crippen molar-refractivity contribution in [1.82, 2.24) is 4.90 Å². The second kappa shape index (κ2) is 7.03. The molecule has 4 nitrogen and oxygen atoms in total. The maximum absolute atomic E-state index is 10.4. The van der Waals surface area contributed by atoms with Gasteiger partial charge in [0, 0.05) is 31.6 Å². The molecule has 2 heterocycles. The molecule has 1 aromatic carbocycles. The van der Waals surface area contributed by atoms with E-state index in [1.807, 2.05) is 13.0 Å². The third-order valence-corrected chi connectivity index (χ3v) is 5.25. The first-order valence-corrected chi connectivity index (χ1v) is 9.21. The lowest BCUT2D eigenvalue weighted by Crippen LogP contribution is -2.53. The molecule has 0 bridgehead atoms. The summed E-state index contributed by atoms with van der Waals surface area (Å²) >= 11 is 0. The molecular formula is C20H31NO3. The Morgan fingerprint density at radius 3 is 2.58 bits per heavy atom.